The summed E-state index contributed by atoms with van der Waals surface area (Å²) < 4.78 is 0. The quantitative estimate of drug-likeness (QED) is 0.800. The number of para-hydroxylation sites is 1. The highest BCUT2D eigenvalue weighted by atomic mass is 16.2. The molecular weight excluding hydrogens is 238 g/mol. The first-order valence-electron chi connectivity index (χ1n) is 7.12. The lowest BCUT2D eigenvalue weighted by atomic mass is 10.0. The predicted molar refractivity (Wildman–Crippen MR) is 76.0 cm³/mol. The van der Waals surface area contributed by atoms with Crippen molar-refractivity contribution in [3.8, 4) is 0 Å². The Morgan fingerprint density at radius 1 is 1.26 bits per heavy atom. The fourth-order valence-corrected chi connectivity index (χ4v) is 3.17. The molecule has 0 bridgehead atoms. The average Bonchev–Trinajstić information content (AvgIpc) is 2.57. The Bertz CT molecular complexity index is 474. The van der Waals surface area contributed by atoms with Crippen molar-refractivity contribution in [2.24, 2.45) is 5.73 Å². The van der Waals surface area contributed by atoms with Crippen molar-refractivity contribution < 1.29 is 4.79 Å². The number of hydrogen-bond acceptors (Lipinski definition) is 3. The van der Waals surface area contributed by atoms with Gasteiger partial charge in [0.15, 0.2) is 0 Å². The fourth-order valence-electron chi connectivity index (χ4n) is 3.17. The highest BCUT2D eigenvalue weighted by Crippen LogP contribution is 2.25. The number of carbonyl (C=O) groups excluding carboxylic acids is 1. The molecule has 0 aliphatic carbocycles. The van der Waals surface area contributed by atoms with Gasteiger partial charge in [-0.3, -0.25) is 9.69 Å². The number of nitrogens with two attached hydrogens (primary N) is 1. The highest BCUT2D eigenvalue weighted by Gasteiger charge is 2.31. The molecule has 2 aliphatic heterocycles. The van der Waals surface area contributed by atoms with E-state index in [1.165, 1.54) is 5.56 Å². The normalized spacial score (nSPS) is 28.4. The van der Waals surface area contributed by atoms with Crippen molar-refractivity contribution in [1.29, 1.82) is 0 Å². The van der Waals surface area contributed by atoms with Crippen LogP contribution in [0.15, 0.2) is 24.3 Å². The minimum atomic E-state index is -0.0289. The van der Waals surface area contributed by atoms with Gasteiger partial charge in [-0.05, 0) is 43.9 Å². The second-order valence-corrected chi connectivity index (χ2v) is 5.60. The van der Waals surface area contributed by atoms with E-state index in [0.717, 1.165) is 44.5 Å². The van der Waals surface area contributed by atoms with Gasteiger partial charge in [0.1, 0.15) is 0 Å². The summed E-state index contributed by atoms with van der Waals surface area (Å²) in [5.74, 6) is 0.124. The number of aryl methyl sites for hydroxylation is 1. The Hall–Kier alpha value is -1.39. The van der Waals surface area contributed by atoms with Crippen molar-refractivity contribution in [1.82, 2.24) is 4.90 Å². The second-order valence-electron chi connectivity index (χ2n) is 5.60. The van der Waals surface area contributed by atoms with Crippen LogP contribution in [0.2, 0.25) is 0 Å². The molecule has 1 fully saturated rings. The first kappa shape index (κ1) is 12.6. The molecule has 3 rings (SSSR count). The van der Waals surface area contributed by atoms with Gasteiger partial charge in [-0.2, -0.15) is 0 Å². The van der Waals surface area contributed by atoms with Crippen LogP contribution >= 0.6 is 0 Å². The van der Waals surface area contributed by atoms with Gasteiger partial charge in [0.05, 0.1) is 6.04 Å². The van der Waals surface area contributed by atoms with Gasteiger partial charge in [0.25, 0.3) is 0 Å². The van der Waals surface area contributed by atoms with Crippen LogP contribution in [0, 0.1) is 0 Å². The van der Waals surface area contributed by atoms with Gasteiger partial charge in [0, 0.05) is 18.3 Å². The third kappa shape index (κ3) is 2.65. The summed E-state index contributed by atoms with van der Waals surface area (Å²) in [5.41, 5.74) is 8.23. The number of likely N-dealkylation sites (tertiary alicyclic amines) is 1. The molecule has 0 radical (unpaired) electrons. The number of amides is 1. The Balaban J connectivity index is 1.77. The zero-order chi connectivity index (χ0) is 13.2. The molecule has 0 saturated carbocycles. The van der Waals surface area contributed by atoms with Gasteiger partial charge >= 0.3 is 0 Å². The summed E-state index contributed by atoms with van der Waals surface area (Å²) in [5, 5.41) is 3.06. The maximum Gasteiger partial charge on any atom is 0.241 e. The highest BCUT2D eigenvalue weighted by molar-refractivity contribution is 5.96. The Kier molecular flexibility index (Phi) is 3.53. The van der Waals surface area contributed by atoms with E-state index in [1.807, 2.05) is 18.2 Å². The summed E-state index contributed by atoms with van der Waals surface area (Å²) in [6, 6.07) is 8.27. The average molecular weight is 259 g/mol. The molecule has 0 spiro atoms. The van der Waals surface area contributed by atoms with Crippen LogP contribution in [0.5, 0.6) is 0 Å². The molecule has 1 amide bonds. The zero-order valence-corrected chi connectivity index (χ0v) is 11.1. The smallest absolute Gasteiger partial charge is 0.241 e. The number of benzene rings is 1. The summed E-state index contributed by atoms with van der Waals surface area (Å²) in [6.07, 6.45) is 4.00. The predicted octanol–water partition coefficient (Wildman–Crippen LogP) is 1.36. The second kappa shape index (κ2) is 5.31. The van der Waals surface area contributed by atoms with Crippen LogP contribution in [0.3, 0.4) is 0 Å². The molecule has 19 heavy (non-hydrogen) atoms. The molecule has 3 N–H and O–H groups in total. The van der Waals surface area contributed by atoms with Crippen LogP contribution in [0.25, 0.3) is 0 Å². The standard InChI is InChI=1S/C15H21N3O/c16-12-5-3-9-18(10-12)14-8-7-11-4-1-2-6-13(11)17-15(14)19/h1-2,4,6,12,14H,3,5,7-10,16H2,(H,17,19). The van der Waals surface area contributed by atoms with Gasteiger partial charge in [-0.1, -0.05) is 18.2 Å². The maximum atomic E-state index is 12.4. The van der Waals surface area contributed by atoms with E-state index in [4.69, 9.17) is 5.73 Å². The van der Waals surface area contributed by atoms with Crippen molar-refractivity contribution in [2.75, 3.05) is 18.4 Å². The number of anilines is 1. The lowest BCUT2D eigenvalue weighted by Gasteiger charge is -2.35. The summed E-state index contributed by atoms with van der Waals surface area (Å²) >= 11 is 0. The van der Waals surface area contributed by atoms with Crippen LogP contribution in [0.4, 0.5) is 5.69 Å². The monoisotopic (exact) mass is 259 g/mol. The van der Waals surface area contributed by atoms with Crippen molar-refractivity contribution in [3.63, 3.8) is 0 Å². The first-order chi connectivity index (χ1) is 9.24. The molecule has 2 atom stereocenters. The Morgan fingerprint density at radius 3 is 2.95 bits per heavy atom. The van der Waals surface area contributed by atoms with E-state index < -0.39 is 0 Å². The van der Waals surface area contributed by atoms with E-state index in [2.05, 4.69) is 16.3 Å². The number of piperidine rings is 1. The van der Waals surface area contributed by atoms with Crippen LogP contribution in [-0.2, 0) is 11.2 Å². The molecule has 102 valence electrons. The van der Waals surface area contributed by atoms with Crippen LogP contribution < -0.4 is 11.1 Å². The van der Waals surface area contributed by atoms with Crippen LogP contribution in [-0.4, -0.2) is 36.0 Å². The molecule has 0 aromatic heterocycles. The van der Waals surface area contributed by atoms with Gasteiger partial charge in [-0.15, -0.1) is 0 Å². The number of nitrogens with zero attached hydrogens (tertiary/aromatic N) is 1. The molecule has 4 nitrogen and oxygen atoms in total. The topological polar surface area (TPSA) is 58.4 Å². The third-order valence-electron chi connectivity index (χ3n) is 4.20. The molecule has 2 aliphatic rings. The van der Waals surface area contributed by atoms with Crippen molar-refractivity contribution in [3.05, 3.63) is 29.8 Å². The van der Waals surface area contributed by atoms with E-state index in [0.29, 0.717) is 0 Å². The van der Waals surface area contributed by atoms with Crippen molar-refractivity contribution in [2.45, 2.75) is 37.8 Å². The zero-order valence-electron chi connectivity index (χ0n) is 11.1. The number of carbonyl (C=O) groups is 1. The van der Waals surface area contributed by atoms with Gasteiger partial charge in [0.2, 0.25) is 5.91 Å². The van der Waals surface area contributed by atoms with Crippen molar-refractivity contribution >= 4 is 11.6 Å². The van der Waals surface area contributed by atoms with Gasteiger partial charge in [-0.25, -0.2) is 0 Å². The molecule has 1 aromatic carbocycles. The molecule has 1 saturated heterocycles. The lowest BCUT2D eigenvalue weighted by Crippen LogP contribution is -2.51. The van der Waals surface area contributed by atoms with E-state index in [1.54, 1.807) is 0 Å². The number of rotatable bonds is 1. The third-order valence-corrected chi connectivity index (χ3v) is 4.20. The van der Waals surface area contributed by atoms with E-state index >= 15 is 0 Å². The molecule has 2 unspecified atom stereocenters. The Labute approximate surface area is 114 Å². The number of hydrogen-bond donors (Lipinski definition) is 2. The largest absolute Gasteiger partial charge is 0.327 e. The Morgan fingerprint density at radius 2 is 2.11 bits per heavy atom. The molecule has 4 heteroatoms. The lowest BCUT2D eigenvalue weighted by molar-refractivity contribution is -0.121. The SMILES string of the molecule is NC1CCCN(C2CCc3ccccc3NC2=O)C1. The molecule has 2 heterocycles. The first-order valence-corrected chi connectivity index (χ1v) is 7.12. The summed E-state index contributed by atoms with van der Waals surface area (Å²) in [6.45, 7) is 1.83. The fraction of sp³-hybridized carbons (Fsp3) is 0.533. The van der Waals surface area contributed by atoms with E-state index in [9.17, 15) is 4.79 Å². The number of fused-ring (bicyclic) bond motifs is 1. The molecular formula is C15H21N3O. The minimum Gasteiger partial charge on any atom is -0.327 e. The van der Waals surface area contributed by atoms with Gasteiger partial charge < -0.3 is 11.1 Å². The summed E-state index contributed by atoms with van der Waals surface area (Å²) in [7, 11) is 0. The van der Waals surface area contributed by atoms with E-state index in [-0.39, 0.29) is 18.0 Å². The molecule has 1 aromatic rings. The van der Waals surface area contributed by atoms with Crippen LogP contribution in [0.1, 0.15) is 24.8 Å². The maximum absolute atomic E-state index is 12.4. The summed E-state index contributed by atoms with van der Waals surface area (Å²) in [4.78, 5) is 14.6. The minimum absolute atomic E-state index is 0.0289. The number of nitrogens with one attached hydrogen (secondary N) is 1.